The summed E-state index contributed by atoms with van der Waals surface area (Å²) in [7, 11) is 0. The van der Waals surface area contributed by atoms with Crippen molar-refractivity contribution in [3.8, 4) is 0 Å². The normalized spacial score (nSPS) is 10.5. The summed E-state index contributed by atoms with van der Waals surface area (Å²) in [4.78, 5) is 23.6. The zero-order chi connectivity index (χ0) is 15.7. The summed E-state index contributed by atoms with van der Waals surface area (Å²) < 4.78 is 2.88. The number of nitrogens with one attached hydrogen (secondary N) is 1. The van der Waals surface area contributed by atoms with Crippen LogP contribution < -0.4 is 5.32 Å². The first kappa shape index (κ1) is 17.4. The smallest absolute Gasteiger partial charge is 0.346 e. The third-order valence-corrected chi connectivity index (χ3v) is 7.39. The van der Waals surface area contributed by atoms with Crippen LogP contribution in [0.1, 0.15) is 25.6 Å². The van der Waals surface area contributed by atoms with Gasteiger partial charge in [0.2, 0.25) is 0 Å². The summed E-state index contributed by atoms with van der Waals surface area (Å²) in [5.41, 5.74) is 1.24. The standard InChI is InChI=1S/C13H8I3NO3S/c1-5-2-9(21-11(5)13(19)20)17-12(18)7-3-6(14)4-8(15)10(7)16/h2-4H,1H3,(H,17,18)(H,19,20). The van der Waals surface area contributed by atoms with Crippen LogP contribution in [0.2, 0.25) is 0 Å². The number of carbonyl (C=O) groups is 2. The van der Waals surface area contributed by atoms with Gasteiger partial charge in [-0.2, -0.15) is 0 Å². The van der Waals surface area contributed by atoms with Gasteiger partial charge in [-0.15, -0.1) is 11.3 Å². The molecule has 21 heavy (non-hydrogen) atoms. The largest absolute Gasteiger partial charge is 0.477 e. The van der Waals surface area contributed by atoms with Crippen molar-refractivity contribution in [1.29, 1.82) is 0 Å². The summed E-state index contributed by atoms with van der Waals surface area (Å²) in [5, 5.41) is 12.4. The highest BCUT2D eigenvalue weighted by Gasteiger charge is 2.17. The molecule has 0 fully saturated rings. The molecule has 0 aliphatic carbocycles. The third kappa shape index (κ3) is 4.07. The molecular weight excluding hydrogens is 631 g/mol. The lowest BCUT2D eigenvalue weighted by atomic mass is 10.2. The maximum absolute atomic E-state index is 12.4. The molecule has 110 valence electrons. The summed E-state index contributed by atoms with van der Waals surface area (Å²) in [6, 6.07) is 5.49. The Bertz CT molecular complexity index is 743. The first-order valence-electron chi connectivity index (χ1n) is 5.59. The molecule has 8 heteroatoms. The molecule has 0 aliphatic rings. The molecule has 0 aliphatic heterocycles. The van der Waals surface area contributed by atoms with Crippen LogP contribution in [0, 0.1) is 17.6 Å². The summed E-state index contributed by atoms with van der Waals surface area (Å²) in [6.45, 7) is 1.72. The molecule has 0 unspecified atom stereocenters. The number of hydrogen-bond donors (Lipinski definition) is 2. The minimum atomic E-state index is -0.976. The SMILES string of the molecule is Cc1cc(NC(=O)c2cc(I)cc(I)c2I)sc1C(=O)O. The quantitative estimate of drug-likeness (QED) is 0.375. The highest BCUT2D eigenvalue weighted by Crippen LogP contribution is 2.28. The van der Waals surface area contributed by atoms with E-state index in [1.165, 1.54) is 0 Å². The monoisotopic (exact) mass is 639 g/mol. The molecular formula is C13H8I3NO3S. The van der Waals surface area contributed by atoms with Crippen LogP contribution >= 0.6 is 79.1 Å². The van der Waals surface area contributed by atoms with E-state index in [4.69, 9.17) is 5.11 Å². The van der Waals surface area contributed by atoms with Crippen LogP contribution in [0.4, 0.5) is 5.00 Å². The fourth-order valence-corrected chi connectivity index (χ4v) is 4.96. The molecule has 2 rings (SSSR count). The topological polar surface area (TPSA) is 66.4 Å². The van der Waals surface area contributed by atoms with Crippen molar-refractivity contribution in [3.05, 3.63) is 44.9 Å². The predicted molar refractivity (Wildman–Crippen MR) is 109 cm³/mol. The molecule has 1 aromatic heterocycles. The van der Waals surface area contributed by atoms with E-state index < -0.39 is 5.97 Å². The van der Waals surface area contributed by atoms with Crippen LogP contribution in [-0.4, -0.2) is 17.0 Å². The van der Waals surface area contributed by atoms with Gasteiger partial charge in [-0.05, 0) is 98.5 Å². The van der Waals surface area contributed by atoms with Gasteiger partial charge < -0.3 is 10.4 Å². The molecule has 2 N–H and O–H groups in total. The van der Waals surface area contributed by atoms with Gasteiger partial charge in [0.05, 0.1) is 10.6 Å². The number of carbonyl (C=O) groups excluding carboxylic acids is 1. The van der Waals surface area contributed by atoms with Crippen LogP contribution in [0.5, 0.6) is 0 Å². The van der Waals surface area contributed by atoms with Crippen molar-refractivity contribution in [2.24, 2.45) is 0 Å². The number of carboxylic acids is 1. The average Bonchev–Trinajstić information content (AvgIpc) is 2.74. The van der Waals surface area contributed by atoms with Crippen molar-refractivity contribution in [3.63, 3.8) is 0 Å². The minimum absolute atomic E-state index is 0.228. The van der Waals surface area contributed by atoms with Gasteiger partial charge in [-0.1, -0.05) is 0 Å². The van der Waals surface area contributed by atoms with Crippen LogP contribution in [0.25, 0.3) is 0 Å². The van der Waals surface area contributed by atoms with Gasteiger partial charge in [0.25, 0.3) is 5.91 Å². The number of aromatic carboxylic acids is 1. The van der Waals surface area contributed by atoms with E-state index in [9.17, 15) is 9.59 Å². The molecule has 0 saturated carbocycles. The van der Waals surface area contributed by atoms with Crippen molar-refractivity contribution in [2.45, 2.75) is 6.92 Å². The molecule has 0 atom stereocenters. The first-order chi connectivity index (χ1) is 9.79. The Kier molecular flexibility index (Phi) is 5.87. The number of amides is 1. The maximum atomic E-state index is 12.4. The third-order valence-electron chi connectivity index (χ3n) is 2.59. The number of anilines is 1. The van der Waals surface area contributed by atoms with E-state index in [1.807, 2.05) is 12.1 Å². The highest BCUT2D eigenvalue weighted by molar-refractivity contribution is 14.1. The summed E-state index contributed by atoms with van der Waals surface area (Å²) in [6.07, 6.45) is 0. The van der Waals surface area contributed by atoms with Gasteiger partial charge in [0.1, 0.15) is 4.88 Å². The molecule has 1 heterocycles. The van der Waals surface area contributed by atoms with Crippen LogP contribution in [0.3, 0.4) is 0 Å². The van der Waals surface area contributed by atoms with E-state index in [-0.39, 0.29) is 10.8 Å². The Labute approximate surface area is 166 Å². The van der Waals surface area contributed by atoms with Crippen molar-refractivity contribution in [1.82, 2.24) is 0 Å². The predicted octanol–water partition coefficient (Wildman–Crippen LogP) is 4.82. The highest BCUT2D eigenvalue weighted by atomic mass is 127. The molecule has 1 amide bonds. The number of carboxylic acid groups (broad SMARTS) is 1. The summed E-state index contributed by atoms with van der Waals surface area (Å²) >= 11 is 7.56. The van der Waals surface area contributed by atoms with Gasteiger partial charge in [-0.3, -0.25) is 4.79 Å². The Morgan fingerprint density at radius 1 is 1.19 bits per heavy atom. The molecule has 0 radical (unpaired) electrons. The van der Waals surface area contributed by atoms with Gasteiger partial charge >= 0.3 is 5.97 Å². The Morgan fingerprint density at radius 3 is 2.43 bits per heavy atom. The van der Waals surface area contributed by atoms with Crippen LogP contribution in [-0.2, 0) is 0 Å². The van der Waals surface area contributed by atoms with E-state index in [0.29, 0.717) is 16.1 Å². The van der Waals surface area contributed by atoms with Crippen molar-refractivity contribution < 1.29 is 14.7 Å². The molecule has 0 bridgehead atoms. The second-order valence-electron chi connectivity index (χ2n) is 4.13. The lowest BCUT2D eigenvalue weighted by molar-refractivity contribution is 0.0701. The van der Waals surface area contributed by atoms with Gasteiger partial charge in [0, 0.05) is 10.7 Å². The van der Waals surface area contributed by atoms with Crippen molar-refractivity contribution in [2.75, 3.05) is 5.32 Å². The average molecular weight is 639 g/mol. The second kappa shape index (κ2) is 7.08. The molecule has 4 nitrogen and oxygen atoms in total. The molecule has 0 spiro atoms. The van der Waals surface area contributed by atoms with E-state index >= 15 is 0 Å². The second-order valence-corrected chi connectivity index (χ2v) is 8.67. The fourth-order valence-electron chi connectivity index (χ4n) is 1.66. The van der Waals surface area contributed by atoms with Crippen molar-refractivity contribution >= 4 is 96.0 Å². The lowest BCUT2D eigenvalue weighted by Gasteiger charge is -2.07. The zero-order valence-corrected chi connectivity index (χ0v) is 17.8. The Balaban J connectivity index is 2.30. The molecule has 1 aromatic carbocycles. The number of aryl methyl sites for hydroxylation is 1. The van der Waals surface area contributed by atoms with E-state index in [1.54, 1.807) is 13.0 Å². The number of rotatable bonds is 3. The zero-order valence-electron chi connectivity index (χ0n) is 10.5. The lowest BCUT2D eigenvalue weighted by Crippen LogP contribution is -2.13. The minimum Gasteiger partial charge on any atom is -0.477 e. The number of halogens is 3. The molecule has 0 saturated heterocycles. The number of thiophene rings is 1. The van der Waals surface area contributed by atoms with Gasteiger partial charge in [-0.25, -0.2) is 4.79 Å². The van der Waals surface area contributed by atoms with Crippen LogP contribution in [0.15, 0.2) is 18.2 Å². The number of benzene rings is 1. The molecule has 2 aromatic rings. The van der Waals surface area contributed by atoms with E-state index in [2.05, 4.69) is 73.1 Å². The fraction of sp³-hybridized carbons (Fsp3) is 0.0769. The maximum Gasteiger partial charge on any atom is 0.346 e. The Hall–Kier alpha value is 0.0500. The first-order valence-corrected chi connectivity index (χ1v) is 9.64. The van der Waals surface area contributed by atoms with E-state index in [0.717, 1.165) is 22.0 Å². The van der Waals surface area contributed by atoms with Gasteiger partial charge in [0.15, 0.2) is 0 Å². The summed E-state index contributed by atoms with van der Waals surface area (Å²) in [5.74, 6) is -1.20. The Morgan fingerprint density at radius 2 is 1.86 bits per heavy atom. The number of hydrogen-bond acceptors (Lipinski definition) is 3.